The number of ether oxygens (including phenoxy) is 1. The molecule has 0 saturated carbocycles. The van der Waals surface area contributed by atoms with Crippen molar-refractivity contribution in [1.82, 2.24) is 4.98 Å². The SMILES string of the molecule is CSc1ncccc1C(=O)OCC(=O)Nc1cccc2c1C(=O)c1ccccc1C2=O. The fourth-order valence-corrected chi connectivity index (χ4v) is 3.89. The number of amides is 1. The first kappa shape index (κ1) is 20.5. The van der Waals surface area contributed by atoms with Gasteiger partial charge in [-0.2, -0.15) is 0 Å². The maximum absolute atomic E-state index is 13.0. The van der Waals surface area contributed by atoms with Gasteiger partial charge in [-0.05, 0) is 24.5 Å². The number of rotatable bonds is 5. The van der Waals surface area contributed by atoms with Gasteiger partial charge in [-0.25, -0.2) is 9.78 Å². The van der Waals surface area contributed by atoms with Crippen LogP contribution in [0.1, 0.15) is 42.2 Å². The molecular formula is C23H16N2O5S. The molecule has 154 valence electrons. The molecule has 31 heavy (non-hydrogen) atoms. The maximum atomic E-state index is 13.0. The lowest BCUT2D eigenvalue weighted by Crippen LogP contribution is -2.26. The fourth-order valence-electron chi connectivity index (χ4n) is 3.35. The van der Waals surface area contributed by atoms with Gasteiger partial charge in [0.15, 0.2) is 18.2 Å². The molecule has 0 spiro atoms. The second-order valence-electron chi connectivity index (χ2n) is 6.62. The third kappa shape index (κ3) is 3.85. The van der Waals surface area contributed by atoms with Gasteiger partial charge in [0.2, 0.25) is 0 Å². The number of aromatic nitrogens is 1. The lowest BCUT2D eigenvalue weighted by molar-refractivity contribution is -0.119. The van der Waals surface area contributed by atoms with E-state index in [1.807, 2.05) is 0 Å². The largest absolute Gasteiger partial charge is 0.452 e. The van der Waals surface area contributed by atoms with Crippen LogP contribution in [0.3, 0.4) is 0 Å². The quantitative estimate of drug-likeness (QED) is 0.381. The lowest BCUT2D eigenvalue weighted by Gasteiger charge is -2.20. The van der Waals surface area contributed by atoms with Crippen LogP contribution >= 0.6 is 11.8 Å². The molecule has 1 N–H and O–H groups in total. The Kier molecular flexibility index (Phi) is 5.64. The van der Waals surface area contributed by atoms with E-state index >= 15 is 0 Å². The molecule has 2 aromatic carbocycles. The van der Waals surface area contributed by atoms with E-state index in [0.29, 0.717) is 10.6 Å². The fraction of sp³-hybridized carbons (Fsp3) is 0.0870. The first-order valence-corrected chi connectivity index (χ1v) is 10.5. The molecule has 1 aromatic heterocycles. The molecule has 0 fully saturated rings. The number of benzene rings is 2. The topological polar surface area (TPSA) is 102 Å². The number of esters is 1. The zero-order valence-corrected chi connectivity index (χ0v) is 17.2. The molecule has 0 atom stereocenters. The van der Waals surface area contributed by atoms with Gasteiger partial charge in [-0.3, -0.25) is 14.4 Å². The van der Waals surface area contributed by atoms with Crippen molar-refractivity contribution in [1.29, 1.82) is 0 Å². The molecule has 7 nitrogen and oxygen atoms in total. The minimum Gasteiger partial charge on any atom is -0.452 e. The third-order valence-electron chi connectivity index (χ3n) is 4.75. The molecule has 1 amide bonds. The average Bonchev–Trinajstić information content (AvgIpc) is 2.81. The molecule has 3 aromatic rings. The molecule has 1 aliphatic rings. The molecule has 8 heteroatoms. The summed E-state index contributed by atoms with van der Waals surface area (Å²) in [5.41, 5.74) is 1.42. The van der Waals surface area contributed by atoms with Gasteiger partial charge < -0.3 is 10.1 Å². The highest BCUT2D eigenvalue weighted by molar-refractivity contribution is 7.98. The van der Waals surface area contributed by atoms with Gasteiger partial charge in [0, 0.05) is 22.9 Å². The predicted octanol–water partition coefficient (Wildman–Crippen LogP) is 3.37. The number of hydrogen-bond donors (Lipinski definition) is 1. The molecule has 0 radical (unpaired) electrons. The summed E-state index contributed by atoms with van der Waals surface area (Å²) in [5.74, 6) is -1.94. The number of pyridine rings is 1. The predicted molar refractivity (Wildman–Crippen MR) is 115 cm³/mol. The van der Waals surface area contributed by atoms with Crippen LogP contribution in [-0.4, -0.2) is 41.3 Å². The summed E-state index contributed by atoms with van der Waals surface area (Å²) in [6.45, 7) is -0.552. The van der Waals surface area contributed by atoms with Crippen LogP contribution in [0.15, 0.2) is 65.8 Å². The number of ketones is 2. The number of carbonyl (C=O) groups excluding carboxylic acids is 4. The second-order valence-corrected chi connectivity index (χ2v) is 7.41. The molecule has 0 bridgehead atoms. The van der Waals surface area contributed by atoms with E-state index in [1.54, 1.807) is 61.0 Å². The van der Waals surface area contributed by atoms with Crippen LogP contribution < -0.4 is 5.32 Å². The van der Waals surface area contributed by atoms with Gasteiger partial charge in [0.1, 0.15) is 5.03 Å². The maximum Gasteiger partial charge on any atom is 0.341 e. The summed E-state index contributed by atoms with van der Waals surface area (Å²) in [5, 5.41) is 3.07. The summed E-state index contributed by atoms with van der Waals surface area (Å²) in [6, 6.07) is 14.4. The van der Waals surface area contributed by atoms with E-state index in [-0.39, 0.29) is 39.5 Å². The molecule has 0 unspecified atom stereocenters. The Labute approximate surface area is 181 Å². The first-order valence-electron chi connectivity index (χ1n) is 9.28. The Morgan fingerprint density at radius 2 is 1.65 bits per heavy atom. The third-order valence-corrected chi connectivity index (χ3v) is 5.46. The summed E-state index contributed by atoms with van der Waals surface area (Å²) in [7, 11) is 0. The van der Waals surface area contributed by atoms with Crippen molar-refractivity contribution in [2.75, 3.05) is 18.2 Å². The summed E-state index contributed by atoms with van der Waals surface area (Å²) in [4.78, 5) is 54.6. The highest BCUT2D eigenvalue weighted by atomic mass is 32.2. The monoisotopic (exact) mass is 432 g/mol. The van der Waals surface area contributed by atoms with Crippen LogP contribution in [0.4, 0.5) is 5.69 Å². The number of thioether (sulfide) groups is 1. The van der Waals surface area contributed by atoms with Crippen molar-refractivity contribution in [3.8, 4) is 0 Å². The number of nitrogens with one attached hydrogen (secondary N) is 1. The molecule has 4 rings (SSSR count). The average molecular weight is 432 g/mol. The van der Waals surface area contributed by atoms with Crippen molar-refractivity contribution in [2.45, 2.75) is 5.03 Å². The number of carbonyl (C=O) groups is 4. The van der Waals surface area contributed by atoms with Crippen molar-refractivity contribution >= 4 is 40.9 Å². The van der Waals surface area contributed by atoms with E-state index < -0.39 is 18.5 Å². The van der Waals surface area contributed by atoms with Gasteiger partial charge in [0.05, 0.1) is 16.8 Å². The zero-order valence-electron chi connectivity index (χ0n) is 16.4. The molecular weight excluding hydrogens is 416 g/mol. The number of fused-ring (bicyclic) bond motifs is 2. The Morgan fingerprint density at radius 1 is 0.935 bits per heavy atom. The van der Waals surface area contributed by atoms with Crippen LogP contribution in [0.2, 0.25) is 0 Å². The van der Waals surface area contributed by atoms with E-state index in [1.165, 1.54) is 17.8 Å². The lowest BCUT2D eigenvalue weighted by atomic mass is 9.83. The highest BCUT2D eigenvalue weighted by Crippen LogP contribution is 2.31. The van der Waals surface area contributed by atoms with Gasteiger partial charge >= 0.3 is 5.97 Å². The van der Waals surface area contributed by atoms with Crippen LogP contribution in [0.5, 0.6) is 0 Å². The Balaban J connectivity index is 1.52. The first-order chi connectivity index (χ1) is 15.0. The minimum absolute atomic E-state index is 0.128. The van der Waals surface area contributed by atoms with Crippen molar-refractivity contribution < 1.29 is 23.9 Å². The van der Waals surface area contributed by atoms with Crippen LogP contribution in [0.25, 0.3) is 0 Å². The standard InChI is InChI=1S/C23H16N2O5S/c1-31-22-16(9-5-11-24-22)23(29)30-12-18(26)25-17-10-4-8-15-19(17)21(28)14-7-3-2-6-13(14)20(15)27/h2-11H,12H2,1H3,(H,25,26). The second kappa shape index (κ2) is 8.53. The zero-order chi connectivity index (χ0) is 22.0. The van der Waals surface area contributed by atoms with Gasteiger partial charge in [-0.15, -0.1) is 11.8 Å². The van der Waals surface area contributed by atoms with Crippen molar-refractivity contribution in [3.05, 3.63) is 88.6 Å². The summed E-state index contributed by atoms with van der Waals surface area (Å²) in [6.07, 6.45) is 3.34. The molecule has 0 aliphatic heterocycles. The summed E-state index contributed by atoms with van der Waals surface area (Å²) >= 11 is 1.29. The van der Waals surface area contributed by atoms with E-state index in [2.05, 4.69) is 10.3 Å². The highest BCUT2D eigenvalue weighted by Gasteiger charge is 2.31. The van der Waals surface area contributed by atoms with Crippen molar-refractivity contribution in [2.24, 2.45) is 0 Å². The minimum atomic E-state index is -0.678. The van der Waals surface area contributed by atoms with Gasteiger partial charge in [-0.1, -0.05) is 36.4 Å². The molecule has 1 heterocycles. The number of anilines is 1. The molecule has 0 saturated heterocycles. The van der Waals surface area contributed by atoms with E-state index in [9.17, 15) is 19.2 Å². The van der Waals surface area contributed by atoms with E-state index in [4.69, 9.17) is 4.74 Å². The van der Waals surface area contributed by atoms with Crippen LogP contribution in [0, 0.1) is 0 Å². The number of hydrogen-bond acceptors (Lipinski definition) is 7. The van der Waals surface area contributed by atoms with E-state index in [0.717, 1.165) is 0 Å². The Hall–Kier alpha value is -3.78. The Morgan fingerprint density at radius 3 is 2.39 bits per heavy atom. The van der Waals surface area contributed by atoms with Crippen LogP contribution in [-0.2, 0) is 9.53 Å². The number of nitrogens with zero attached hydrogens (tertiary/aromatic N) is 1. The Bertz CT molecular complexity index is 1240. The summed E-state index contributed by atoms with van der Waals surface area (Å²) < 4.78 is 5.10. The van der Waals surface area contributed by atoms with Gasteiger partial charge in [0.25, 0.3) is 5.91 Å². The molecule has 1 aliphatic carbocycles. The normalized spacial score (nSPS) is 12.0. The smallest absolute Gasteiger partial charge is 0.341 e. The van der Waals surface area contributed by atoms with Crippen molar-refractivity contribution in [3.63, 3.8) is 0 Å².